The Labute approximate surface area is 79.6 Å². The Balaban J connectivity index is 2.55. The SMILES string of the molecule is Nc1nccc(-n2ncc(N)c2N)n1. The average molecular weight is 191 g/mol. The molecule has 0 saturated heterocycles. The van der Waals surface area contributed by atoms with Gasteiger partial charge in [-0.1, -0.05) is 0 Å². The quantitative estimate of drug-likeness (QED) is 0.553. The lowest BCUT2D eigenvalue weighted by molar-refractivity contribution is 0.852. The number of anilines is 3. The minimum absolute atomic E-state index is 0.163. The average Bonchev–Trinajstić information content (AvgIpc) is 2.48. The molecule has 7 nitrogen and oxygen atoms in total. The number of nitrogen functional groups attached to an aromatic ring is 3. The lowest BCUT2D eigenvalue weighted by Crippen LogP contribution is -2.06. The highest BCUT2D eigenvalue weighted by Gasteiger charge is 2.07. The van der Waals surface area contributed by atoms with Crippen LogP contribution in [0.3, 0.4) is 0 Å². The second-order valence-electron chi connectivity index (χ2n) is 2.67. The molecule has 2 heterocycles. The summed E-state index contributed by atoms with van der Waals surface area (Å²) in [7, 11) is 0. The zero-order valence-corrected chi connectivity index (χ0v) is 7.25. The van der Waals surface area contributed by atoms with Crippen molar-refractivity contribution in [3.63, 3.8) is 0 Å². The molecule has 0 aliphatic carbocycles. The third-order valence-electron chi connectivity index (χ3n) is 1.71. The van der Waals surface area contributed by atoms with Crippen molar-refractivity contribution >= 4 is 17.5 Å². The van der Waals surface area contributed by atoms with Gasteiger partial charge in [-0.15, -0.1) is 0 Å². The third kappa shape index (κ3) is 1.20. The van der Waals surface area contributed by atoms with Crippen LogP contribution in [0.25, 0.3) is 5.82 Å². The van der Waals surface area contributed by atoms with E-state index in [-0.39, 0.29) is 5.95 Å². The minimum atomic E-state index is 0.163. The first-order chi connectivity index (χ1) is 6.68. The highest BCUT2D eigenvalue weighted by atomic mass is 15.3. The van der Waals surface area contributed by atoms with Gasteiger partial charge >= 0.3 is 0 Å². The Morgan fingerprint density at radius 2 is 2.00 bits per heavy atom. The van der Waals surface area contributed by atoms with E-state index in [9.17, 15) is 0 Å². The van der Waals surface area contributed by atoms with E-state index in [1.165, 1.54) is 17.1 Å². The van der Waals surface area contributed by atoms with Gasteiger partial charge < -0.3 is 17.2 Å². The van der Waals surface area contributed by atoms with Crippen LogP contribution in [0.1, 0.15) is 0 Å². The lowest BCUT2D eigenvalue weighted by atomic mass is 10.5. The lowest BCUT2D eigenvalue weighted by Gasteiger charge is -2.02. The summed E-state index contributed by atoms with van der Waals surface area (Å²) >= 11 is 0. The van der Waals surface area contributed by atoms with E-state index in [4.69, 9.17) is 17.2 Å². The predicted octanol–water partition coefficient (Wildman–Crippen LogP) is -0.591. The zero-order chi connectivity index (χ0) is 10.1. The highest BCUT2D eigenvalue weighted by Crippen LogP contribution is 2.16. The Hall–Kier alpha value is -2.31. The first-order valence-corrected chi connectivity index (χ1v) is 3.86. The second kappa shape index (κ2) is 2.87. The molecule has 0 radical (unpaired) electrons. The van der Waals surface area contributed by atoms with Gasteiger partial charge in [-0.3, -0.25) is 0 Å². The topological polar surface area (TPSA) is 122 Å². The van der Waals surface area contributed by atoms with E-state index in [0.717, 1.165) is 0 Å². The molecule has 0 fully saturated rings. The van der Waals surface area contributed by atoms with Crippen LogP contribution in [-0.2, 0) is 0 Å². The van der Waals surface area contributed by atoms with Gasteiger partial charge in [-0.25, -0.2) is 4.98 Å². The van der Waals surface area contributed by atoms with E-state index < -0.39 is 0 Å². The van der Waals surface area contributed by atoms with Crippen LogP contribution in [0, 0.1) is 0 Å². The Morgan fingerprint density at radius 1 is 1.21 bits per heavy atom. The summed E-state index contributed by atoms with van der Waals surface area (Å²) in [6, 6.07) is 1.64. The third-order valence-corrected chi connectivity index (χ3v) is 1.71. The molecule has 0 atom stereocenters. The summed E-state index contributed by atoms with van der Waals surface area (Å²) in [6.45, 7) is 0. The standard InChI is InChI=1S/C7H9N7/c8-4-3-12-14(6(4)9)5-1-2-11-7(10)13-5/h1-3H,8-9H2,(H2,10,11,13). The fraction of sp³-hybridized carbons (Fsp3) is 0. The van der Waals surface area contributed by atoms with Gasteiger partial charge in [0.05, 0.1) is 11.9 Å². The van der Waals surface area contributed by atoms with Crippen molar-refractivity contribution in [3.05, 3.63) is 18.5 Å². The summed E-state index contributed by atoms with van der Waals surface area (Å²) in [5, 5.41) is 3.95. The maximum atomic E-state index is 5.66. The van der Waals surface area contributed by atoms with E-state index in [2.05, 4.69) is 15.1 Å². The van der Waals surface area contributed by atoms with Gasteiger partial charge in [0.2, 0.25) is 5.95 Å². The molecule has 0 spiro atoms. The van der Waals surface area contributed by atoms with Gasteiger partial charge in [0.25, 0.3) is 0 Å². The molecule has 2 rings (SSSR count). The Morgan fingerprint density at radius 3 is 2.57 bits per heavy atom. The molecule has 0 amide bonds. The summed E-state index contributed by atoms with van der Waals surface area (Å²) in [4.78, 5) is 7.70. The monoisotopic (exact) mass is 191 g/mol. The largest absolute Gasteiger partial charge is 0.394 e. The zero-order valence-electron chi connectivity index (χ0n) is 7.25. The molecule has 0 saturated carbocycles. The van der Waals surface area contributed by atoms with Crippen molar-refractivity contribution in [1.82, 2.24) is 19.7 Å². The predicted molar refractivity (Wildman–Crippen MR) is 52.4 cm³/mol. The van der Waals surface area contributed by atoms with E-state index in [0.29, 0.717) is 17.3 Å². The summed E-state index contributed by atoms with van der Waals surface area (Å²) in [5.41, 5.74) is 17.0. The van der Waals surface area contributed by atoms with Crippen molar-refractivity contribution in [2.24, 2.45) is 0 Å². The van der Waals surface area contributed by atoms with Crippen LogP contribution < -0.4 is 17.2 Å². The van der Waals surface area contributed by atoms with Crippen LogP contribution >= 0.6 is 0 Å². The molecular formula is C7H9N7. The number of rotatable bonds is 1. The molecule has 0 bridgehead atoms. The normalized spacial score (nSPS) is 10.3. The molecule has 0 aromatic carbocycles. The summed E-state index contributed by atoms with van der Waals surface area (Å²) < 4.78 is 1.40. The molecule has 2 aromatic heterocycles. The van der Waals surface area contributed by atoms with Gasteiger partial charge in [0.1, 0.15) is 0 Å². The highest BCUT2D eigenvalue weighted by molar-refractivity contribution is 5.59. The Kier molecular flexibility index (Phi) is 1.70. The van der Waals surface area contributed by atoms with Crippen LogP contribution in [0.2, 0.25) is 0 Å². The van der Waals surface area contributed by atoms with Gasteiger partial charge in [0.15, 0.2) is 11.6 Å². The van der Waals surface area contributed by atoms with E-state index in [1.54, 1.807) is 6.07 Å². The fourth-order valence-electron chi connectivity index (χ4n) is 1.03. The summed E-state index contributed by atoms with van der Waals surface area (Å²) in [5.74, 6) is 0.991. The van der Waals surface area contributed by atoms with E-state index in [1.807, 2.05) is 0 Å². The smallest absolute Gasteiger partial charge is 0.222 e. The van der Waals surface area contributed by atoms with E-state index >= 15 is 0 Å². The molecule has 0 aliphatic heterocycles. The molecule has 6 N–H and O–H groups in total. The molecule has 72 valence electrons. The van der Waals surface area contributed by atoms with Crippen LogP contribution in [0.5, 0.6) is 0 Å². The van der Waals surface area contributed by atoms with Gasteiger partial charge in [0, 0.05) is 12.3 Å². The van der Waals surface area contributed by atoms with Crippen molar-refractivity contribution in [3.8, 4) is 5.82 Å². The molecule has 0 unspecified atom stereocenters. The molecule has 14 heavy (non-hydrogen) atoms. The Bertz CT molecular complexity index is 461. The maximum Gasteiger partial charge on any atom is 0.222 e. The van der Waals surface area contributed by atoms with Crippen molar-refractivity contribution in [1.29, 1.82) is 0 Å². The van der Waals surface area contributed by atoms with Crippen molar-refractivity contribution < 1.29 is 0 Å². The first-order valence-electron chi connectivity index (χ1n) is 3.86. The number of nitrogens with two attached hydrogens (primary N) is 3. The number of aromatic nitrogens is 4. The number of nitrogens with zero attached hydrogens (tertiary/aromatic N) is 4. The van der Waals surface area contributed by atoms with Gasteiger partial charge in [-0.05, 0) is 0 Å². The van der Waals surface area contributed by atoms with Crippen LogP contribution in [0.15, 0.2) is 18.5 Å². The minimum Gasteiger partial charge on any atom is -0.394 e. The number of hydrogen-bond acceptors (Lipinski definition) is 6. The summed E-state index contributed by atoms with van der Waals surface area (Å²) in [6.07, 6.45) is 2.97. The van der Waals surface area contributed by atoms with Crippen LogP contribution in [-0.4, -0.2) is 19.7 Å². The van der Waals surface area contributed by atoms with Crippen LogP contribution in [0.4, 0.5) is 17.5 Å². The first kappa shape index (κ1) is 8.30. The molecule has 7 heteroatoms. The second-order valence-corrected chi connectivity index (χ2v) is 2.67. The van der Waals surface area contributed by atoms with Crippen molar-refractivity contribution in [2.75, 3.05) is 17.2 Å². The van der Waals surface area contributed by atoms with Crippen molar-refractivity contribution in [2.45, 2.75) is 0 Å². The maximum absolute atomic E-state index is 5.66. The van der Waals surface area contributed by atoms with Gasteiger partial charge in [-0.2, -0.15) is 14.8 Å². The molecule has 0 aliphatic rings. The molecular weight excluding hydrogens is 182 g/mol. The molecule has 2 aromatic rings. The fourth-order valence-corrected chi connectivity index (χ4v) is 1.03. The number of hydrogen-bond donors (Lipinski definition) is 3.